The smallest absolute Gasteiger partial charge is 0.243 e. The molecule has 0 saturated heterocycles. The molecule has 0 unspecified atom stereocenters. The first-order chi connectivity index (χ1) is 15.5. The second-order valence-corrected chi connectivity index (χ2v) is 11.1. The Bertz CT molecular complexity index is 1020. The van der Waals surface area contributed by atoms with Crippen LogP contribution < -0.4 is 14.8 Å². The number of ether oxygens (including phenoxy) is 1. The van der Waals surface area contributed by atoms with Crippen molar-refractivity contribution in [3.05, 3.63) is 46.7 Å². The van der Waals surface area contributed by atoms with E-state index in [0.29, 0.717) is 12.2 Å². The van der Waals surface area contributed by atoms with Crippen LogP contribution in [-0.4, -0.2) is 50.4 Å². The molecule has 0 aliphatic heterocycles. The van der Waals surface area contributed by atoms with Crippen LogP contribution in [0.4, 0.5) is 0 Å². The van der Waals surface area contributed by atoms with E-state index in [1.54, 1.807) is 0 Å². The van der Waals surface area contributed by atoms with Gasteiger partial charge in [-0.1, -0.05) is 19.9 Å². The number of rotatable bonds is 12. The molecule has 1 heterocycles. The van der Waals surface area contributed by atoms with E-state index >= 15 is 0 Å². The molecule has 10 heteroatoms. The van der Waals surface area contributed by atoms with Gasteiger partial charge in [-0.2, -0.15) is 0 Å². The molecule has 8 nitrogen and oxygen atoms in total. The maximum atomic E-state index is 13.2. The summed E-state index contributed by atoms with van der Waals surface area (Å²) in [6, 6.07) is 8.91. The van der Waals surface area contributed by atoms with Gasteiger partial charge in [0.2, 0.25) is 21.8 Å². The lowest BCUT2D eigenvalue weighted by Crippen LogP contribution is -2.55. The highest BCUT2D eigenvalue weighted by Crippen LogP contribution is 2.19. The van der Waals surface area contributed by atoms with Gasteiger partial charge in [-0.05, 0) is 62.4 Å². The normalized spacial score (nSPS) is 12.8. The Labute approximate surface area is 200 Å². The average Bonchev–Trinajstić information content (AvgIpc) is 3.30. The van der Waals surface area contributed by atoms with Crippen molar-refractivity contribution in [3.8, 4) is 5.75 Å². The summed E-state index contributed by atoms with van der Waals surface area (Å²) < 4.78 is 32.8. The highest BCUT2D eigenvalue weighted by atomic mass is 32.2. The lowest BCUT2D eigenvalue weighted by atomic mass is 10.0. The zero-order chi connectivity index (χ0) is 24.6. The quantitative estimate of drug-likeness (QED) is 0.471. The molecule has 0 bridgehead atoms. The maximum absolute atomic E-state index is 13.2. The number of carbonyl (C=O) groups is 2. The van der Waals surface area contributed by atoms with Gasteiger partial charge >= 0.3 is 0 Å². The molecular weight excluding hydrogens is 462 g/mol. The second-order valence-electron chi connectivity index (χ2n) is 8.25. The molecule has 0 fully saturated rings. The van der Waals surface area contributed by atoms with Crippen LogP contribution in [-0.2, 0) is 26.2 Å². The fourth-order valence-corrected chi connectivity index (χ4v) is 4.77. The van der Waals surface area contributed by atoms with E-state index < -0.39 is 34.1 Å². The Balaban J connectivity index is 2.21. The van der Waals surface area contributed by atoms with Crippen molar-refractivity contribution in [2.45, 2.75) is 63.6 Å². The molecule has 2 rings (SSSR count). The summed E-state index contributed by atoms with van der Waals surface area (Å²) in [5.41, 5.74) is -0.419. The first-order valence-electron chi connectivity index (χ1n) is 10.8. The van der Waals surface area contributed by atoms with Gasteiger partial charge in [0.1, 0.15) is 11.8 Å². The van der Waals surface area contributed by atoms with Gasteiger partial charge in [0.05, 0.1) is 25.1 Å². The van der Waals surface area contributed by atoms with Gasteiger partial charge in [-0.3, -0.25) is 9.59 Å². The fraction of sp³-hybridized carbons (Fsp3) is 0.478. The van der Waals surface area contributed by atoms with Crippen LogP contribution in [0.2, 0.25) is 0 Å². The standard InChI is InChI=1S/C23H33N3O5S2/c1-6-20(22(28)25-23(3,4)7-2)26(16-18-9-8-14-32-18)21(27)15-24-33(29,30)19-12-10-17(31-5)11-13-19/h8-14,20,24H,6-7,15-16H2,1-5H3,(H,25,28)/t20-/m1/s1. The molecule has 182 valence electrons. The van der Waals surface area contributed by atoms with E-state index in [0.717, 1.165) is 11.3 Å². The number of benzene rings is 1. The third-order valence-corrected chi connectivity index (χ3v) is 7.70. The number of nitrogens with one attached hydrogen (secondary N) is 2. The summed E-state index contributed by atoms with van der Waals surface area (Å²) in [5.74, 6) is -0.206. The topological polar surface area (TPSA) is 105 Å². The van der Waals surface area contributed by atoms with E-state index in [4.69, 9.17) is 4.74 Å². The van der Waals surface area contributed by atoms with Crippen LogP contribution >= 0.6 is 11.3 Å². The Hall–Kier alpha value is -2.43. The minimum atomic E-state index is -3.91. The zero-order valence-corrected chi connectivity index (χ0v) is 21.4. The van der Waals surface area contributed by atoms with Crippen molar-refractivity contribution >= 4 is 33.2 Å². The lowest BCUT2D eigenvalue weighted by molar-refractivity contribution is -0.141. The molecule has 0 aliphatic rings. The number of amides is 2. The summed E-state index contributed by atoms with van der Waals surface area (Å²) in [6.07, 6.45) is 1.13. The van der Waals surface area contributed by atoms with Crippen LogP contribution in [0.3, 0.4) is 0 Å². The van der Waals surface area contributed by atoms with E-state index in [1.165, 1.54) is 47.6 Å². The number of methoxy groups -OCH3 is 1. The van der Waals surface area contributed by atoms with Crippen molar-refractivity contribution in [2.24, 2.45) is 0 Å². The molecular formula is C23H33N3O5S2. The van der Waals surface area contributed by atoms with Gasteiger partial charge in [0, 0.05) is 10.4 Å². The molecule has 1 atom stereocenters. The monoisotopic (exact) mass is 495 g/mol. The number of hydrogen-bond acceptors (Lipinski definition) is 6. The van der Waals surface area contributed by atoms with Crippen molar-refractivity contribution in [3.63, 3.8) is 0 Å². The number of sulfonamides is 1. The minimum Gasteiger partial charge on any atom is -0.497 e. The minimum absolute atomic E-state index is 0.0235. The zero-order valence-electron chi connectivity index (χ0n) is 19.8. The Morgan fingerprint density at radius 1 is 1.15 bits per heavy atom. The lowest BCUT2D eigenvalue weighted by Gasteiger charge is -2.33. The molecule has 1 aromatic carbocycles. The van der Waals surface area contributed by atoms with Crippen LogP contribution in [0.15, 0.2) is 46.7 Å². The molecule has 2 aromatic rings. The maximum Gasteiger partial charge on any atom is 0.243 e. The third kappa shape index (κ3) is 7.55. The second kappa shape index (κ2) is 11.6. The van der Waals surface area contributed by atoms with Crippen LogP contribution in [0.25, 0.3) is 0 Å². The molecule has 2 N–H and O–H groups in total. The first kappa shape index (κ1) is 26.8. The van der Waals surface area contributed by atoms with E-state index in [9.17, 15) is 18.0 Å². The number of nitrogens with zero attached hydrogens (tertiary/aromatic N) is 1. The Morgan fingerprint density at radius 3 is 2.33 bits per heavy atom. The van der Waals surface area contributed by atoms with Crippen molar-refractivity contribution in [1.82, 2.24) is 14.9 Å². The summed E-state index contributed by atoms with van der Waals surface area (Å²) in [4.78, 5) is 28.6. The van der Waals surface area contributed by atoms with Crippen molar-refractivity contribution in [2.75, 3.05) is 13.7 Å². The first-order valence-corrected chi connectivity index (χ1v) is 13.2. The van der Waals surface area contributed by atoms with Gasteiger partial charge < -0.3 is 15.0 Å². The predicted molar refractivity (Wildman–Crippen MR) is 130 cm³/mol. The molecule has 0 radical (unpaired) electrons. The highest BCUT2D eigenvalue weighted by Gasteiger charge is 2.32. The largest absolute Gasteiger partial charge is 0.497 e. The molecule has 0 aliphatic carbocycles. The summed E-state index contributed by atoms with van der Waals surface area (Å²) in [5, 5.41) is 4.90. The van der Waals surface area contributed by atoms with Gasteiger partial charge in [0.25, 0.3) is 0 Å². The van der Waals surface area contributed by atoms with Crippen molar-refractivity contribution in [1.29, 1.82) is 0 Å². The van der Waals surface area contributed by atoms with E-state index in [-0.39, 0.29) is 17.3 Å². The third-order valence-electron chi connectivity index (χ3n) is 5.42. The summed E-state index contributed by atoms with van der Waals surface area (Å²) in [6.45, 7) is 7.42. The van der Waals surface area contributed by atoms with Gasteiger partial charge in [-0.15, -0.1) is 11.3 Å². The molecule has 2 amide bonds. The van der Waals surface area contributed by atoms with Gasteiger partial charge in [-0.25, -0.2) is 13.1 Å². The molecule has 0 spiro atoms. The molecule has 0 saturated carbocycles. The number of thiophene rings is 1. The SMILES string of the molecule is CC[C@H](C(=O)NC(C)(C)CC)N(Cc1cccs1)C(=O)CNS(=O)(=O)c1ccc(OC)cc1. The number of carbonyl (C=O) groups excluding carboxylic acids is 2. The van der Waals surface area contributed by atoms with E-state index in [2.05, 4.69) is 10.0 Å². The van der Waals surface area contributed by atoms with Crippen molar-refractivity contribution < 1.29 is 22.7 Å². The van der Waals surface area contributed by atoms with E-state index in [1.807, 2.05) is 45.2 Å². The Kier molecular flexibility index (Phi) is 9.45. The van der Waals surface area contributed by atoms with Crippen LogP contribution in [0, 0.1) is 0 Å². The molecule has 33 heavy (non-hydrogen) atoms. The average molecular weight is 496 g/mol. The van der Waals surface area contributed by atoms with Crippen LogP contribution in [0.5, 0.6) is 5.75 Å². The van der Waals surface area contributed by atoms with Crippen LogP contribution in [0.1, 0.15) is 45.4 Å². The highest BCUT2D eigenvalue weighted by molar-refractivity contribution is 7.89. The van der Waals surface area contributed by atoms with Gasteiger partial charge in [0.15, 0.2) is 0 Å². The number of hydrogen-bond donors (Lipinski definition) is 2. The predicted octanol–water partition coefficient (Wildman–Crippen LogP) is 3.15. The molecule has 1 aromatic heterocycles. The summed E-state index contributed by atoms with van der Waals surface area (Å²) in [7, 11) is -2.42. The Morgan fingerprint density at radius 2 is 1.82 bits per heavy atom. The fourth-order valence-electron chi connectivity index (χ4n) is 3.09. The summed E-state index contributed by atoms with van der Waals surface area (Å²) >= 11 is 1.47.